The second kappa shape index (κ2) is 6.85. The summed E-state index contributed by atoms with van der Waals surface area (Å²) in [5, 5.41) is 7.42. The number of nitrogens with one attached hydrogen (secondary N) is 2. The minimum atomic E-state index is 0.203. The third kappa shape index (κ3) is 3.78. The van der Waals surface area contributed by atoms with Gasteiger partial charge in [0.25, 0.3) is 0 Å². The van der Waals surface area contributed by atoms with Gasteiger partial charge in [0, 0.05) is 30.0 Å². The van der Waals surface area contributed by atoms with Crippen molar-refractivity contribution in [3.8, 4) is 0 Å². The fourth-order valence-electron chi connectivity index (χ4n) is 2.15. The summed E-state index contributed by atoms with van der Waals surface area (Å²) in [5.74, 6) is 0.414. The predicted molar refractivity (Wildman–Crippen MR) is 73.8 cm³/mol. The molecule has 0 bridgehead atoms. The van der Waals surface area contributed by atoms with Gasteiger partial charge in [-0.15, -0.1) is 11.3 Å². The number of nitrogens with zero attached hydrogens (tertiary/aromatic N) is 1. The van der Waals surface area contributed by atoms with E-state index in [1.54, 1.807) is 11.3 Å². The maximum absolute atomic E-state index is 11.9. The number of hydrogen-bond acceptors (Lipinski definition) is 4. The molecule has 2 rings (SSSR count). The van der Waals surface area contributed by atoms with Crippen molar-refractivity contribution in [2.45, 2.75) is 32.6 Å². The van der Waals surface area contributed by atoms with Crippen LogP contribution in [0.2, 0.25) is 0 Å². The van der Waals surface area contributed by atoms with Crippen LogP contribution in [0.4, 0.5) is 0 Å². The number of aromatic nitrogens is 1. The summed E-state index contributed by atoms with van der Waals surface area (Å²) in [5.41, 5.74) is 0. The van der Waals surface area contributed by atoms with E-state index in [4.69, 9.17) is 0 Å². The van der Waals surface area contributed by atoms with Gasteiger partial charge in [0.2, 0.25) is 5.91 Å². The van der Waals surface area contributed by atoms with Crippen LogP contribution in [0.5, 0.6) is 0 Å². The van der Waals surface area contributed by atoms with Crippen molar-refractivity contribution in [3.63, 3.8) is 0 Å². The second-order valence-corrected chi connectivity index (χ2v) is 5.84. The minimum absolute atomic E-state index is 0.203. The Morgan fingerprint density at radius 1 is 1.56 bits per heavy atom. The molecule has 0 aliphatic carbocycles. The molecule has 1 saturated heterocycles. The molecule has 100 valence electrons. The molecule has 1 amide bonds. The topological polar surface area (TPSA) is 54.0 Å². The summed E-state index contributed by atoms with van der Waals surface area (Å²) in [7, 11) is 0. The molecule has 1 aromatic rings. The summed E-state index contributed by atoms with van der Waals surface area (Å²) in [6, 6.07) is 0. The summed E-state index contributed by atoms with van der Waals surface area (Å²) in [6.07, 6.45) is 5.75. The highest BCUT2D eigenvalue weighted by molar-refractivity contribution is 7.11. The maximum atomic E-state index is 11.9. The van der Waals surface area contributed by atoms with E-state index >= 15 is 0 Å². The number of thiazole rings is 1. The molecule has 1 fully saturated rings. The lowest BCUT2D eigenvalue weighted by atomic mass is 9.97. The van der Waals surface area contributed by atoms with Crippen LogP contribution in [0, 0.1) is 5.92 Å². The van der Waals surface area contributed by atoms with Gasteiger partial charge in [0.05, 0.1) is 5.01 Å². The Kier molecular flexibility index (Phi) is 5.13. The lowest BCUT2D eigenvalue weighted by Gasteiger charge is -2.21. The van der Waals surface area contributed by atoms with E-state index in [1.807, 2.05) is 6.20 Å². The molecule has 2 heterocycles. The highest BCUT2D eigenvalue weighted by Crippen LogP contribution is 2.14. The van der Waals surface area contributed by atoms with E-state index in [2.05, 4.69) is 22.5 Å². The summed E-state index contributed by atoms with van der Waals surface area (Å²) in [6.45, 7) is 4.77. The van der Waals surface area contributed by atoms with Crippen LogP contribution in [-0.4, -0.2) is 30.5 Å². The van der Waals surface area contributed by atoms with Crippen LogP contribution in [0.25, 0.3) is 0 Å². The van der Waals surface area contributed by atoms with Crippen LogP contribution < -0.4 is 10.6 Å². The number of carbonyl (C=O) groups excluding carboxylic acids is 1. The molecule has 4 nitrogen and oxygen atoms in total. The highest BCUT2D eigenvalue weighted by Gasteiger charge is 2.20. The number of amides is 1. The normalized spacial score (nSPS) is 16.7. The molecule has 2 N–H and O–H groups in total. The molecule has 18 heavy (non-hydrogen) atoms. The van der Waals surface area contributed by atoms with Gasteiger partial charge in [-0.25, -0.2) is 4.98 Å². The van der Waals surface area contributed by atoms with Crippen molar-refractivity contribution >= 4 is 17.2 Å². The summed E-state index contributed by atoms with van der Waals surface area (Å²) in [4.78, 5) is 17.6. The summed E-state index contributed by atoms with van der Waals surface area (Å²) >= 11 is 1.75. The van der Waals surface area contributed by atoms with Crippen LogP contribution in [0.3, 0.4) is 0 Å². The first kappa shape index (κ1) is 13.5. The van der Waals surface area contributed by atoms with Crippen LogP contribution in [0.15, 0.2) is 6.20 Å². The molecule has 0 spiro atoms. The Morgan fingerprint density at radius 3 is 3.00 bits per heavy atom. The lowest BCUT2D eigenvalue weighted by Crippen LogP contribution is -2.38. The Morgan fingerprint density at radius 2 is 2.33 bits per heavy atom. The van der Waals surface area contributed by atoms with Crippen molar-refractivity contribution in [1.82, 2.24) is 15.6 Å². The zero-order valence-corrected chi connectivity index (χ0v) is 11.7. The third-order valence-electron chi connectivity index (χ3n) is 3.30. The zero-order valence-electron chi connectivity index (χ0n) is 10.9. The van der Waals surface area contributed by atoms with E-state index in [0.717, 1.165) is 43.8 Å². The monoisotopic (exact) mass is 267 g/mol. The maximum Gasteiger partial charge on any atom is 0.223 e. The predicted octanol–water partition coefficient (Wildman–Crippen LogP) is 1.36. The molecule has 1 aliphatic heterocycles. The minimum Gasteiger partial charge on any atom is -0.355 e. The second-order valence-electron chi connectivity index (χ2n) is 4.64. The van der Waals surface area contributed by atoms with Crippen molar-refractivity contribution in [1.29, 1.82) is 0 Å². The van der Waals surface area contributed by atoms with Gasteiger partial charge in [0.1, 0.15) is 0 Å². The third-order valence-corrected chi connectivity index (χ3v) is 4.50. The van der Waals surface area contributed by atoms with Gasteiger partial charge in [-0.2, -0.15) is 0 Å². The van der Waals surface area contributed by atoms with Gasteiger partial charge in [-0.1, -0.05) is 6.92 Å². The number of piperidine rings is 1. The molecule has 5 heteroatoms. The largest absolute Gasteiger partial charge is 0.355 e. The van der Waals surface area contributed by atoms with Gasteiger partial charge in [0.15, 0.2) is 0 Å². The molecular weight excluding hydrogens is 246 g/mol. The number of aryl methyl sites for hydroxylation is 1. The first-order valence-corrected chi connectivity index (χ1v) is 7.53. The van der Waals surface area contributed by atoms with E-state index in [9.17, 15) is 4.79 Å². The highest BCUT2D eigenvalue weighted by atomic mass is 32.1. The standard InChI is InChI=1S/C13H21N3OS/c1-2-11-9-16-12(18-11)5-8-15-13(17)10-3-6-14-7-4-10/h9-10,14H,2-8H2,1H3,(H,15,17). The zero-order chi connectivity index (χ0) is 12.8. The molecule has 1 aliphatic rings. The van der Waals surface area contributed by atoms with Crippen LogP contribution in [-0.2, 0) is 17.6 Å². The lowest BCUT2D eigenvalue weighted by molar-refractivity contribution is -0.125. The number of hydrogen-bond donors (Lipinski definition) is 2. The van der Waals surface area contributed by atoms with Gasteiger partial charge in [-0.05, 0) is 32.4 Å². The van der Waals surface area contributed by atoms with E-state index < -0.39 is 0 Å². The first-order chi connectivity index (χ1) is 8.79. The average molecular weight is 267 g/mol. The Hall–Kier alpha value is -0.940. The fraction of sp³-hybridized carbons (Fsp3) is 0.692. The molecule has 0 saturated carbocycles. The van der Waals surface area contributed by atoms with E-state index in [0.29, 0.717) is 6.54 Å². The average Bonchev–Trinajstić information content (AvgIpc) is 2.87. The molecule has 0 unspecified atom stereocenters. The first-order valence-electron chi connectivity index (χ1n) is 6.71. The van der Waals surface area contributed by atoms with Crippen molar-refractivity contribution in [3.05, 3.63) is 16.1 Å². The number of rotatable bonds is 5. The van der Waals surface area contributed by atoms with E-state index in [-0.39, 0.29) is 11.8 Å². The Labute approximate surface area is 112 Å². The van der Waals surface area contributed by atoms with Gasteiger partial charge in [-0.3, -0.25) is 4.79 Å². The summed E-state index contributed by atoms with van der Waals surface area (Å²) < 4.78 is 0. The van der Waals surface area contributed by atoms with Crippen molar-refractivity contribution in [2.75, 3.05) is 19.6 Å². The Balaban J connectivity index is 1.69. The van der Waals surface area contributed by atoms with Gasteiger partial charge < -0.3 is 10.6 Å². The van der Waals surface area contributed by atoms with E-state index in [1.165, 1.54) is 4.88 Å². The molecular formula is C13H21N3OS. The van der Waals surface area contributed by atoms with Gasteiger partial charge >= 0.3 is 0 Å². The molecule has 0 radical (unpaired) electrons. The smallest absolute Gasteiger partial charge is 0.223 e. The molecule has 1 aromatic heterocycles. The van der Waals surface area contributed by atoms with Crippen LogP contribution in [0.1, 0.15) is 29.7 Å². The molecule has 0 aromatic carbocycles. The number of carbonyl (C=O) groups is 1. The SMILES string of the molecule is CCc1cnc(CCNC(=O)C2CCNCC2)s1. The van der Waals surface area contributed by atoms with Crippen molar-refractivity contribution in [2.24, 2.45) is 5.92 Å². The van der Waals surface area contributed by atoms with Crippen molar-refractivity contribution < 1.29 is 4.79 Å². The quantitative estimate of drug-likeness (QED) is 0.847. The Bertz CT molecular complexity index is 385. The fourth-order valence-corrected chi connectivity index (χ4v) is 3.01. The molecule has 0 atom stereocenters. The van der Waals surface area contributed by atoms with Crippen LogP contribution >= 0.6 is 11.3 Å².